The number of hydrogen-bond donors (Lipinski definition) is 1. The molecule has 5 heteroatoms. The number of hydrogen-bond acceptors (Lipinski definition) is 3. The number of carbonyl (C=O) groups excluding carboxylic acids is 2. The molecule has 1 atom stereocenters. The third-order valence-corrected chi connectivity index (χ3v) is 4.49. The second-order valence-electron chi connectivity index (χ2n) is 6.13. The molecule has 5 nitrogen and oxygen atoms in total. The van der Waals surface area contributed by atoms with Gasteiger partial charge in [0.1, 0.15) is 0 Å². The van der Waals surface area contributed by atoms with Crippen molar-refractivity contribution < 1.29 is 19.5 Å². The molecule has 1 aliphatic rings. The number of carbonyl (C=O) groups is 3. The predicted molar refractivity (Wildman–Crippen MR) is 92.6 cm³/mol. The number of carboxylic acids is 1. The summed E-state index contributed by atoms with van der Waals surface area (Å²) in [6, 6.07) is 15.2. The van der Waals surface area contributed by atoms with E-state index in [0.29, 0.717) is 29.7 Å². The van der Waals surface area contributed by atoms with E-state index in [2.05, 4.69) is 0 Å². The molecule has 1 N–H and O–H groups in total. The van der Waals surface area contributed by atoms with E-state index in [1.54, 1.807) is 53.4 Å². The summed E-state index contributed by atoms with van der Waals surface area (Å²) in [5.74, 6) is -1.40. The minimum Gasteiger partial charge on any atom is -0.481 e. The number of ketones is 1. The molecule has 0 aromatic heterocycles. The minimum atomic E-state index is -0.918. The Balaban J connectivity index is 1.91. The van der Waals surface area contributed by atoms with Crippen LogP contribution < -0.4 is 0 Å². The Hall–Kier alpha value is -2.95. The monoisotopic (exact) mass is 337 g/mol. The highest BCUT2D eigenvalue weighted by Crippen LogP contribution is 2.24. The fraction of sp³-hybridized carbons (Fsp3) is 0.250. The average molecular weight is 337 g/mol. The molecule has 1 fully saturated rings. The minimum absolute atomic E-state index is 0.0689. The third-order valence-electron chi connectivity index (χ3n) is 4.49. The van der Waals surface area contributed by atoms with E-state index in [0.717, 1.165) is 6.42 Å². The first-order chi connectivity index (χ1) is 12.1. The van der Waals surface area contributed by atoms with Gasteiger partial charge in [0.05, 0.1) is 12.0 Å². The quantitative estimate of drug-likeness (QED) is 0.851. The van der Waals surface area contributed by atoms with E-state index < -0.39 is 5.97 Å². The summed E-state index contributed by atoms with van der Waals surface area (Å²) in [5.41, 5.74) is 1.19. The van der Waals surface area contributed by atoms with Gasteiger partial charge >= 0.3 is 5.97 Å². The second kappa shape index (κ2) is 7.30. The molecule has 1 amide bonds. The van der Waals surface area contributed by atoms with Crippen molar-refractivity contribution in [1.29, 1.82) is 0 Å². The lowest BCUT2D eigenvalue weighted by Gasteiger charge is -2.24. The van der Waals surface area contributed by atoms with Gasteiger partial charge in [0.2, 0.25) is 0 Å². The van der Waals surface area contributed by atoms with Crippen LogP contribution in [-0.4, -0.2) is 40.3 Å². The van der Waals surface area contributed by atoms with Gasteiger partial charge in [-0.2, -0.15) is 0 Å². The molecule has 0 bridgehead atoms. The van der Waals surface area contributed by atoms with Gasteiger partial charge < -0.3 is 10.0 Å². The molecule has 2 aromatic rings. The zero-order chi connectivity index (χ0) is 17.8. The van der Waals surface area contributed by atoms with Crippen molar-refractivity contribution in [2.45, 2.75) is 25.3 Å². The summed E-state index contributed by atoms with van der Waals surface area (Å²) in [4.78, 5) is 38.4. The number of carboxylic acid groups (broad SMARTS) is 1. The molecule has 0 aliphatic carbocycles. The van der Waals surface area contributed by atoms with Crippen LogP contribution in [0.3, 0.4) is 0 Å². The van der Waals surface area contributed by atoms with Crippen LogP contribution in [0.4, 0.5) is 0 Å². The second-order valence-corrected chi connectivity index (χ2v) is 6.13. The molecule has 3 rings (SSSR count). The summed E-state index contributed by atoms with van der Waals surface area (Å²) in [6.45, 7) is 0.518. The Morgan fingerprint density at radius 3 is 2.28 bits per heavy atom. The van der Waals surface area contributed by atoms with E-state index in [1.807, 2.05) is 6.07 Å². The first-order valence-electron chi connectivity index (χ1n) is 8.29. The highest BCUT2D eigenvalue weighted by molar-refractivity contribution is 6.15. The molecule has 1 heterocycles. The van der Waals surface area contributed by atoms with Crippen LogP contribution >= 0.6 is 0 Å². The van der Waals surface area contributed by atoms with Gasteiger partial charge in [-0.25, -0.2) is 0 Å². The first-order valence-corrected chi connectivity index (χ1v) is 8.29. The van der Waals surface area contributed by atoms with Crippen molar-refractivity contribution in [3.05, 3.63) is 71.3 Å². The molecular formula is C20H19NO4. The number of rotatable bonds is 5. The number of benzene rings is 2. The van der Waals surface area contributed by atoms with E-state index in [9.17, 15) is 14.4 Å². The van der Waals surface area contributed by atoms with Crippen molar-refractivity contribution in [2.75, 3.05) is 6.54 Å². The van der Waals surface area contributed by atoms with Gasteiger partial charge in [0.15, 0.2) is 5.78 Å². The summed E-state index contributed by atoms with van der Waals surface area (Å²) >= 11 is 0. The standard InChI is InChI=1S/C20H19NO4/c22-18(23)13-15-9-6-12-21(15)20(25)17-11-5-4-10-16(17)19(24)14-7-2-1-3-8-14/h1-5,7-8,10-11,15H,6,9,12-13H2,(H,22,23). The molecule has 1 unspecified atom stereocenters. The van der Waals surface area contributed by atoms with Gasteiger partial charge in [0, 0.05) is 23.7 Å². The fourth-order valence-electron chi connectivity index (χ4n) is 3.28. The third kappa shape index (κ3) is 3.60. The van der Waals surface area contributed by atoms with Crippen LogP contribution in [0.1, 0.15) is 45.5 Å². The van der Waals surface area contributed by atoms with Gasteiger partial charge in [-0.15, -0.1) is 0 Å². The van der Waals surface area contributed by atoms with Crippen molar-refractivity contribution in [2.24, 2.45) is 0 Å². The summed E-state index contributed by atoms with van der Waals surface area (Å²) in [7, 11) is 0. The molecule has 0 spiro atoms. The lowest BCUT2D eigenvalue weighted by atomic mass is 9.97. The van der Waals surface area contributed by atoms with Gasteiger partial charge in [-0.3, -0.25) is 14.4 Å². The fourth-order valence-corrected chi connectivity index (χ4v) is 3.28. The number of aliphatic carboxylic acids is 1. The van der Waals surface area contributed by atoms with Crippen LogP contribution in [0.2, 0.25) is 0 Å². The van der Waals surface area contributed by atoms with E-state index in [-0.39, 0.29) is 24.2 Å². The predicted octanol–water partition coefficient (Wildman–Crippen LogP) is 3.00. The van der Waals surface area contributed by atoms with Gasteiger partial charge in [0.25, 0.3) is 5.91 Å². The molecule has 25 heavy (non-hydrogen) atoms. The normalized spacial score (nSPS) is 16.6. The topological polar surface area (TPSA) is 74.7 Å². The maximum Gasteiger partial charge on any atom is 0.305 e. The van der Waals surface area contributed by atoms with Crippen LogP contribution in [0.25, 0.3) is 0 Å². The Kier molecular flexibility index (Phi) is 4.93. The van der Waals surface area contributed by atoms with E-state index in [4.69, 9.17) is 5.11 Å². The Morgan fingerprint density at radius 2 is 1.60 bits per heavy atom. The Bertz CT molecular complexity index is 800. The molecule has 0 radical (unpaired) electrons. The highest BCUT2D eigenvalue weighted by Gasteiger charge is 2.32. The largest absolute Gasteiger partial charge is 0.481 e. The summed E-state index contributed by atoms with van der Waals surface area (Å²) in [5, 5.41) is 9.04. The lowest BCUT2D eigenvalue weighted by molar-refractivity contribution is -0.137. The molecule has 2 aromatic carbocycles. The summed E-state index contributed by atoms with van der Waals surface area (Å²) < 4.78 is 0. The maximum absolute atomic E-state index is 13.0. The van der Waals surface area contributed by atoms with Crippen molar-refractivity contribution in [3.63, 3.8) is 0 Å². The molecular weight excluding hydrogens is 318 g/mol. The van der Waals surface area contributed by atoms with E-state index >= 15 is 0 Å². The molecule has 0 saturated carbocycles. The SMILES string of the molecule is O=C(O)CC1CCCN1C(=O)c1ccccc1C(=O)c1ccccc1. The highest BCUT2D eigenvalue weighted by atomic mass is 16.4. The van der Waals surface area contributed by atoms with Crippen molar-refractivity contribution in [1.82, 2.24) is 4.90 Å². The van der Waals surface area contributed by atoms with Crippen LogP contribution in [0, 0.1) is 0 Å². The molecule has 1 saturated heterocycles. The van der Waals surface area contributed by atoms with Crippen molar-refractivity contribution in [3.8, 4) is 0 Å². The maximum atomic E-state index is 13.0. The lowest BCUT2D eigenvalue weighted by Crippen LogP contribution is -2.37. The zero-order valence-corrected chi connectivity index (χ0v) is 13.7. The first kappa shape index (κ1) is 16.9. The van der Waals surface area contributed by atoms with Crippen LogP contribution in [0.15, 0.2) is 54.6 Å². The van der Waals surface area contributed by atoms with E-state index in [1.165, 1.54) is 0 Å². The zero-order valence-electron chi connectivity index (χ0n) is 13.7. The van der Waals surface area contributed by atoms with Gasteiger partial charge in [-0.1, -0.05) is 48.5 Å². The smallest absolute Gasteiger partial charge is 0.305 e. The Labute approximate surface area is 145 Å². The summed E-state index contributed by atoms with van der Waals surface area (Å²) in [6.07, 6.45) is 1.38. The average Bonchev–Trinajstić information content (AvgIpc) is 3.08. The van der Waals surface area contributed by atoms with Crippen molar-refractivity contribution >= 4 is 17.7 Å². The molecule has 1 aliphatic heterocycles. The Morgan fingerprint density at radius 1 is 0.960 bits per heavy atom. The number of nitrogens with zero attached hydrogens (tertiary/aromatic N) is 1. The van der Waals surface area contributed by atoms with Gasteiger partial charge in [-0.05, 0) is 18.9 Å². The molecule has 128 valence electrons. The number of likely N-dealkylation sites (tertiary alicyclic amines) is 1. The number of amides is 1. The van der Waals surface area contributed by atoms with Crippen LogP contribution in [0.5, 0.6) is 0 Å². The van der Waals surface area contributed by atoms with Crippen LogP contribution in [-0.2, 0) is 4.79 Å².